The van der Waals surface area contributed by atoms with E-state index in [1.54, 1.807) is 0 Å². The van der Waals surface area contributed by atoms with Gasteiger partial charge in [0, 0.05) is 5.56 Å². The second-order valence-electron chi connectivity index (χ2n) is 5.58. The third-order valence-corrected chi connectivity index (χ3v) is 3.88. The van der Waals surface area contributed by atoms with Crippen LogP contribution in [0, 0.1) is 6.92 Å². The van der Waals surface area contributed by atoms with E-state index < -0.39 is 6.10 Å². The maximum absolute atomic E-state index is 10.7. The zero-order valence-corrected chi connectivity index (χ0v) is 13.1. The molecule has 2 heteroatoms. The van der Waals surface area contributed by atoms with Crippen LogP contribution in [0.1, 0.15) is 28.4 Å². The molecule has 0 bridgehead atoms. The summed E-state index contributed by atoms with van der Waals surface area (Å²) in [4.78, 5) is 0. The highest BCUT2D eigenvalue weighted by Gasteiger charge is 2.17. The van der Waals surface area contributed by atoms with Gasteiger partial charge in [-0.3, -0.25) is 0 Å². The number of ether oxygens (including phenoxy) is 1. The summed E-state index contributed by atoms with van der Waals surface area (Å²) in [7, 11) is 0. The van der Waals surface area contributed by atoms with Crippen LogP contribution in [-0.2, 0) is 6.61 Å². The molecular weight excluding hydrogens is 284 g/mol. The van der Waals surface area contributed by atoms with Gasteiger partial charge in [-0.15, -0.1) is 0 Å². The average molecular weight is 304 g/mol. The summed E-state index contributed by atoms with van der Waals surface area (Å²) < 4.78 is 6.04. The van der Waals surface area contributed by atoms with Crippen LogP contribution in [0.25, 0.3) is 0 Å². The van der Waals surface area contributed by atoms with Crippen molar-refractivity contribution in [2.75, 3.05) is 0 Å². The van der Waals surface area contributed by atoms with Gasteiger partial charge in [-0.05, 0) is 23.6 Å². The molecule has 0 aromatic heterocycles. The second kappa shape index (κ2) is 7.12. The standard InChI is InChI=1S/C21H20O2/c1-16-9-8-14-19(20(22)18-12-6-3-7-13-18)21(16)23-15-17-10-4-2-5-11-17/h2-14,20,22H,15H2,1H3. The van der Waals surface area contributed by atoms with Crippen LogP contribution in [0.3, 0.4) is 0 Å². The van der Waals surface area contributed by atoms with Crippen LogP contribution in [-0.4, -0.2) is 5.11 Å². The van der Waals surface area contributed by atoms with Crippen molar-refractivity contribution in [2.24, 2.45) is 0 Å². The van der Waals surface area contributed by atoms with E-state index in [9.17, 15) is 5.11 Å². The Balaban J connectivity index is 1.88. The van der Waals surface area contributed by atoms with Crippen molar-refractivity contribution in [3.63, 3.8) is 0 Å². The van der Waals surface area contributed by atoms with E-state index in [0.29, 0.717) is 6.61 Å². The Labute approximate surface area is 137 Å². The van der Waals surface area contributed by atoms with Crippen molar-refractivity contribution in [2.45, 2.75) is 19.6 Å². The first kappa shape index (κ1) is 15.3. The van der Waals surface area contributed by atoms with Crippen molar-refractivity contribution in [3.05, 3.63) is 101 Å². The quantitative estimate of drug-likeness (QED) is 0.743. The molecule has 0 aliphatic heterocycles. The Bertz CT molecular complexity index is 751. The molecule has 0 heterocycles. The van der Waals surface area contributed by atoms with Crippen molar-refractivity contribution in [3.8, 4) is 5.75 Å². The molecule has 1 atom stereocenters. The highest BCUT2D eigenvalue weighted by Crippen LogP contribution is 2.33. The van der Waals surface area contributed by atoms with Gasteiger partial charge in [0.05, 0.1) is 0 Å². The lowest BCUT2D eigenvalue weighted by atomic mass is 9.98. The smallest absolute Gasteiger partial charge is 0.128 e. The van der Waals surface area contributed by atoms with E-state index >= 15 is 0 Å². The fourth-order valence-electron chi connectivity index (χ4n) is 2.63. The van der Waals surface area contributed by atoms with Gasteiger partial charge in [-0.1, -0.05) is 78.9 Å². The zero-order chi connectivity index (χ0) is 16.1. The summed E-state index contributed by atoms with van der Waals surface area (Å²) in [5, 5.41) is 10.7. The normalized spacial score (nSPS) is 11.9. The van der Waals surface area contributed by atoms with Gasteiger partial charge in [0.25, 0.3) is 0 Å². The molecule has 1 unspecified atom stereocenters. The molecule has 0 amide bonds. The molecule has 0 radical (unpaired) electrons. The van der Waals surface area contributed by atoms with E-state index in [-0.39, 0.29) is 0 Å². The molecule has 116 valence electrons. The Kier molecular flexibility index (Phi) is 4.74. The van der Waals surface area contributed by atoms with Gasteiger partial charge in [0.1, 0.15) is 18.5 Å². The molecule has 2 nitrogen and oxygen atoms in total. The van der Waals surface area contributed by atoms with Gasteiger partial charge < -0.3 is 9.84 Å². The van der Waals surface area contributed by atoms with Crippen LogP contribution in [0.4, 0.5) is 0 Å². The minimum absolute atomic E-state index is 0.486. The molecule has 3 aromatic carbocycles. The predicted octanol–water partition coefficient (Wildman–Crippen LogP) is 4.66. The molecule has 0 aliphatic rings. The monoisotopic (exact) mass is 304 g/mol. The van der Waals surface area contributed by atoms with Crippen LogP contribution in [0.5, 0.6) is 5.75 Å². The van der Waals surface area contributed by atoms with Crippen molar-refractivity contribution < 1.29 is 9.84 Å². The van der Waals surface area contributed by atoms with Crippen molar-refractivity contribution in [1.82, 2.24) is 0 Å². The summed E-state index contributed by atoms with van der Waals surface area (Å²) in [6.45, 7) is 2.49. The van der Waals surface area contributed by atoms with Crippen LogP contribution >= 0.6 is 0 Å². The maximum Gasteiger partial charge on any atom is 0.128 e. The Hall–Kier alpha value is -2.58. The third kappa shape index (κ3) is 3.61. The molecule has 1 N–H and O–H groups in total. The second-order valence-corrected chi connectivity index (χ2v) is 5.58. The fourth-order valence-corrected chi connectivity index (χ4v) is 2.63. The molecule has 0 saturated carbocycles. The lowest BCUT2D eigenvalue weighted by molar-refractivity contribution is 0.209. The topological polar surface area (TPSA) is 29.5 Å². The van der Waals surface area contributed by atoms with Gasteiger partial charge in [-0.25, -0.2) is 0 Å². The number of aliphatic hydroxyl groups is 1. The Morgan fingerprint density at radius 3 is 2.17 bits per heavy atom. The molecular formula is C21H20O2. The minimum atomic E-state index is -0.693. The Morgan fingerprint density at radius 1 is 0.826 bits per heavy atom. The number of aryl methyl sites for hydroxylation is 1. The summed E-state index contributed by atoms with van der Waals surface area (Å²) in [5.74, 6) is 0.757. The summed E-state index contributed by atoms with van der Waals surface area (Å²) in [5.41, 5.74) is 3.79. The van der Waals surface area contributed by atoms with Crippen LogP contribution in [0.2, 0.25) is 0 Å². The van der Waals surface area contributed by atoms with Gasteiger partial charge >= 0.3 is 0 Å². The van der Waals surface area contributed by atoms with Crippen LogP contribution in [0.15, 0.2) is 78.9 Å². The highest BCUT2D eigenvalue weighted by atomic mass is 16.5. The highest BCUT2D eigenvalue weighted by molar-refractivity contribution is 5.45. The zero-order valence-electron chi connectivity index (χ0n) is 13.1. The minimum Gasteiger partial charge on any atom is -0.488 e. The largest absolute Gasteiger partial charge is 0.488 e. The maximum atomic E-state index is 10.7. The van der Waals surface area contributed by atoms with E-state index in [1.165, 1.54) is 0 Å². The molecule has 3 aromatic rings. The van der Waals surface area contributed by atoms with Gasteiger partial charge in [0.2, 0.25) is 0 Å². The lowest BCUT2D eigenvalue weighted by Crippen LogP contribution is -2.05. The first-order chi connectivity index (χ1) is 11.3. The van der Waals surface area contributed by atoms with E-state index in [4.69, 9.17) is 4.74 Å². The van der Waals surface area contributed by atoms with Crippen LogP contribution < -0.4 is 4.74 Å². The van der Waals surface area contributed by atoms with Gasteiger partial charge in [0.15, 0.2) is 0 Å². The van der Waals surface area contributed by atoms with Crippen molar-refractivity contribution in [1.29, 1.82) is 0 Å². The number of benzene rings is 3. The number of rotatable bonds is 5. The SMILES string of the molecule is Cc1cccc(C(O)c2ccccc2)c1OCc1ccccc1. The molecule has 0 spiro atoms. The predicted molar refractivity (Wildman–Crippen MR) is 92.5 cm³/mol. The summed E-state index contributed by atoms with van der Waals surface area (Å²) in [6, 6.07) is 25.6. The van der Waals surface area contributed by atoms with E-state index in [2.05, 4.69) is 0 Å². The molecule has 3 rings (SSSR count). The first-order valence-corrected chi connectivity index (χ1v) is 7.75. The Morgan fingerprint density at radius 2 is 1.48 bits per heavy atom. The number of hydrogen-bond donors (Lipinski definition) is 1. The number of hydrogen-bond acceptors (Lipinski definition) is 2. The first-order valence-electron chi connectivity index (χ1n) is 7.75. The fraction of sp³-hybridized carbons (Fsp3) is 0.143. The lowest BCUT2D eigenvalue weighted by Gasteiger charge is -2.18. The average Bonchev–Trinajstić information content (AvgIpc) is 2.61. The number of para-hydroxylation sites is 1. The van der Waals surface area contributed by atoms with E-state index in [1.807, 2.05) is 85.8 Å². The molecule has 0 saturated heterocycles. The molecule has 23 heavy (non-hydrogen) atoms. The summed E-state index contributed by atoms with van der Waals surface area (Å²) in [6.07, 6.45) is -0.693. The van der Waals surface area contributed by atoms with E-state index in [0.717, 1.165) is 28.0 Å². The third-order valence-electron chi connectivity index (χ3n) is 3.88. The number of aliphatic hydroxyl groups excluding tert-OH is 1. The summed E-state index contributed by atoms with van der Waals surface area (Å²) >= 11 is 0. The van der Waals surface area contributed by atoms with Crippen molar-refractivity contribution >= 4 is 0 Å². The van der Waals surface area contributed by atoms with Gasteiger partial charge in [-0.2, -0.15) is 0 Å². The molecule has 0 aliphatic carbocycles. The molecule has 0 fully saturated rings.